The minimum atomic E-state index is -0.624. The van der Waals surface area contributed by atoms with Gasteiger partial charge in [-0.05, 0) is 44.4 Å². The van der Waals surface area contributed by atoms with Crippen LogP contribution in [0.5, 0.6) is 0 Å². The number of carbonyl (C=O) groups excluding carboxylic acids is 1. The molecule has 0 bridgehead atoms. The summed E-state index contributed by atoms with van der Waals surface area (Å²) in [7, 11) is 0. The van der Waals surface area contributed by atoms with E-state index >= 15 is 0 Å². The summed E-state index contributed by atoms with van der Waals surface area (Å²) in [5, 5.41) is 15.3. The third-order valence-electron chi connectivity index (χ3n) is 4.81. The van der Waals surface area contributed by atoms with Crippen molar-refractivity contribution in [3.63, 3.8) is 0 Å². The summed E-state index contributed by atoms with van der Waals surface area (Å²) in [5.74, 6) is 0.995. The highest BCUT2D eigenvalue weighted by Gasteiger charge is 2.41. The second kappa shape index (κ2) is 5.80. The molecule has 0 aromatic carbocycles. The van der Waals surface area contributed by atoms with Crippen LogP contribution in [0.4, 0.5) is 0 Å². The quantitative estimate of drug-likeness (QED) is 0.316. The Bertz CT molecular complexity index is 354. The van der Waals surface area contributed by atoms with Crippen LogP contribution in [0.15, 0.2) is 5.16 Å². The minimum Gasteiger partial charge on any atom is -0.409 e. The third kappa shape index (κ3) is 3.01. The molecule has 0 unspecified atom stereocenters. The summed E-state index contributed by atoms with van der Waals surface area (Å²) in [4.78, 5) is 12.3. The van der Waals surface area contributed by atoms with Gasteiger partial charge in [0, 0.05) is 5.92 Å². The Kier molecular flexibility index (Phi) is 4.32. The van der Waals surface area contributed by atoms with Crippen molar-refractivity contribution < 1.29 is 10.0 Å². The monoisotopic (exact) mass is 267 g/mol. The first-order valence-electron chi connectivity index (χ1n) is 7.37. The molecule has 1 amide bonds. The normalized spacial score (nSPS) is 33.3. The molecule has 0 aromatic rings. The molecule has 4 N–H and O–H groups in total. The van der Waals surface area contributed by atoms with Crippen molar-refractivity contribution in [1.29, 1.82) is 0 Å². The van der Waals surface area contributed by atoms with Crippen LogP contribution in [0, 0.1) is 11.8 Å². The number of nitrogens with two attached hydrogens (primary N) is 1. The Morgan fingerprint density at radius 1 is 1.26 bits per heavy atom. The fourth-order valence-corrected chi connectivity index (χ4v) is 3.32. The third-order valence-corrected chi connectivity index (χ3v) is 4.81. The van der Waals surface area contributed by atoms with E-state index in [1.165, 1.54) is 0 Å². The van der Waals surface area contributed by atoms with E-state index in [0.29, 0.717) is 5.92 Å². The van der Waals surface area contributed by atoms with Crippen molar-refractivity contribution >= 4 is 11.7 Å². The largest absolute Gasteiger partial charge is 0.409 e. The molecule has 0 aromatic heterocycles. The van der Waals surface area contributed by atoms with Crippen LogP contribution in [-0.2, 0) is 4.79 Å². The molecule has 108 valence electrons. The zero-order valence-electron chi connectivity index (χ0n) is 11.7. The van der Waals surface area contributed by atoms with Crippen LogP contribution in [-0.4, -0.2) is 22.5 Å². The number of amides is 1. The first-order valence-corrected chi connectivity index (χ1v) is 7.37. The molecular formula is C14H25N3O2. The Morgan fingerprint density at radius 3 is 2.37 bits per heavy atom. The van der Waals surface area contributed by atoms with Gasteiger partial charge in [0.25, 0.3) is 0 Å². The summed E-state index contributed by atoms with van der Waals surface area (Å²) in [5.41, 5.74) is 5.24. The predicted octanol–water partition coefficient (Wildman–Crippen LogP) is 1.99. The van der Waals surface area contributed by atoms with E-state index in [-0.39, 0.29) is 17.7 Å². The van der Waals surface area contributed by atoms with Gasteiger partial charge in [0.15, 0.2) is 5.84 Å². The maximum absolute atomic E-state index is 12.3. The lowest BCUT2D eigenvalue weighted by molar-refractivity contribution is -0.126. The maximum Gasteiger partial charge on any atom is 0.223 e. The van der Waals surface area contributed by atoms with Crippen LogP contribution in [0.25, 0.3) is 0 Å². The number of nitrogens with zero attached hydrogens (tertiary/aromatic N) is 1. The van der Waals surface area contributed by atoms with Crippen LogP contribution in [0.2, 0.25) is 0 Å². The lowest BCUT2D eigenvalue weighted by Crippen LogP contribution is -2.60. The van der Waals surface area contributed by atoms with E-state index in [4.69, 9.17) is 10.9 Å². The second-order valence-corrected chi connectivity index (χ2v) is 6.22. The van der Waals surface area contributed by atoms with E-state index in [1.807, 2.05) is 0 Å². The number of hydrogen-bond acceptors (Lipinski definition) is 3. The zero-order chi connectivity index (χ0) is 13.9. The molecular weight excluding hydrogens is 242 g/mol. The molecule has 5 nitrogen and oxygen atoms in total. The van der Waals surface area contributed by atoms with E-state index in [0.717, 1.165) is 51.4 Å². The van der Waals surface area contributed by atoms with Gasteiger partial charge in [0.05, 0.1) is 0 Å². The van der Waals surface area contributed by atoms with Crippen molar-refractivity contribution in [2.75, 3.05) is 0 Å². The molecule has 0 heterocycles. The first kappa shape index (κ1) is 14.2. The number of amidine groups is 1. The van der Waals surface area contributed by atoms with E-state index in [9.17, 15) is 4.79 Å². The van der Waals surface area contributed by atoms with E-state index in [1.54, 1.807) is 0 Å². The lowest BCUT2D eigenvalue weighted by Gasteiger charge is -2.39. The van der Waals surface area contributed by atoms with Gasteiger partial charge in [0.2, 0.25) is 5.91 Å². The average Bonchev–Trinajstić information content (AvgIpc) is 2.95. The summed E-state index contributed by atoms with van der Waals surface area (Å²) < 4.78 is 0. The molecule has 0 radical (unpaired) electrons. The zero-order valence-corrected chi connectivity index (χ0v) is 11.7. The smallest absolute Gasteiger partial charge is 0.223 e. The molecule has 0 spiro atoms. The fourth-order valence-electron chi connectivity index (χ4n) is 3.32. The van der Waals surface area contributed by atoms with Gasteiger partial charge in [-0.3, -0.25) is 4.79 Å². The fraction of sp³-hybridized carbons (Fsp3) is 0.857. The van der Waals surface area contributed by atoms with Gasteiger partial charge in [-0.1, -0.05) is 24.9 Å². The Hall–Kier alpha value is -1.26. The topological polar surface area (TPSA) is 87.7 Å². The van der Waals surface area contributed by atoms with Gasteiger partial charge in [0.1, 0.15) is 5.54 Å². The van der Waals surface area contributed by atoms with Crippen molar-refractivity contribution in [2.45, 2.75) is 63.8 Å². The average molecular weight is 267 g/mol. The number of oxime groups is 1. The van der Waals surface area contributed by atoms with Gasteiger partial charge in [-0.15, -0.1) is 0 Å². The van der Waals surface area contributed by atoms with Gasteiger partial charge in [-0.2, -0.15) is 0 Å². The Balaban J connectivity index is 2.07. The van der Waals surface area contributed by atoms with Crippen LogP contribution in [0.3, 0.4) is 0 Å². The molecule has 0 aliphatic heterocycles. The van der Waals surface area contributed by atoms with Gasteiger partial charge in [-0.25, -0.2) is 0 Å². The van der Waals surface area contributed by atoms with Gasteiger partial charge >= 0.3 is 0 Å². The Morgan fingerprint density at radius 2 is 1.84 bits per heavy atom. The highest BCUT2D eigenvalue weighted by atomic mass is 16.4. The SMILES string of the molecule is CC1CCC(NC(=O)C2CCCC2)(/C(N)=N/O)CC1. The van der Waals surface area contributed by atoms with E-state index < -0.39 is 5.54 Å². The first-order chi connectivity index (χ1) is 9.07. The molecule has 2 rings (SSSR count). The number of rotatable bonds is 3. The van der Waals surface area contributed by atoms with E-state index in [2.05, 4.69) is 17.4 Å². The van der Waals surface area contributed by atoms with Crippen molar-refractivity contribution in [2.24, 2.45) is 22.7 Å². The molecule has 2 aliphatic carbocycles. The predicted molar refractivity (Wildman–Crippen MR) is 73.9 cm³/mol. The van der Waals surface area contributed by atoms with Gasteiger partial charge < -0.3 is 16.3 Å². The highest BCUT2D eigenvalue weighted by molar-refractivity contribution is 5.94. The Labute approximate surface area is 114 Å². The molecule has 2 fully saturated rings. The standard InChI is InChI=1S/C14H25N3O2/c1-10-6-8-14(9-7-10,13(15)17-19)16-12(18)11-4-2-3-5-11/h10-11,19H,2-9H2,1H3,(H2,15,17)(H,16,18). The maximum atomic E-state index is 12.3. The summed E-state index contributed by atoms with van der Waals surface area (Å²) in [6.45, 7) is 2.20. The van der Waals surface area contributed by atoms with Crippen molar-refractivity contribution in [3.05, 3.63) is 0 Å². The summed E-state index contributed by atoms with van der Waals surface area (Å²) >= 11 is 0. The number of hydrogen-bond donors (Lipinski definition) is 3. The van der Waals surface area contributed by atoms with Crippen molar-refractivity contribution in [1.82, 2.24) is 5.32 Å². The number of nitrogens with one attached hydrogen (secondary N) is 1. The molecule has 2 saturated carbocycles. The summed E-state index contributed by atoms with van der Waals surface area (Å²) in [6, 6.07) is 0. The minimum absolute atomic E-state index is 0.0821. The molecule has 0 atom stereocenters. The van der Waals surface area contributed by atoms with Crippen LogP contribution >= 0.6 is 0 Å². The molecule has 5 heteroatoms. The van der Waals surface area contributed by atoms with Crippen molar-refractivity contribution in [3.8, 4) is 0 Å². The molecule has 19 heavy (non-hydrogen) atoms. The highest BCUT2D eigenvalue weighted by Crippen LogP contribution is 2.33. The number of carbonyl (C=O) groups is 1. The molecule has 2 aliphatic rings. The lowest BCUT2D eigenvalue weighted by atomic mass is 9.76. The van der Waals surface area contributed by atoms with Crippen LogP contribution in [0.1, 0.15) is 58.3 Å². The summed E-state index contributed by atoms with van der Waals surface area (Å²) in [6.07, 6.45) is 7.73. The van der Waals surface area contributed by atoms with Crippen LogP contribution < -0.4 is 11.1 Å². The molecule has 0 saturated heterocycles. The second-order valence-electron chi connectivity index (χ2n) is 6.22.